The standard InChI is InChI=1S/C19H22N2OS/c1-3-14-22-17-12-10-16(11-13-17)20-19(23)21-18(4-2)15-8-6-5-7-9-15/h3,5-13,18H,1,4,14H2,2H3,(H2,20,21,23)/t18-/m1/s1. The molecule has 3 nitrogen and oxygen atoms in total. The van der Waals surface area contributed by atoms with Crippen molar-refractivity contribution >= 4 is 23.0 Å². The summed E-state index contributed by atoms with van der Waals surface area (Å²) in [6.45, 7) is 6.27. The van der Waals surface area contributed by atoms with Crippen molar-refractivity contribution in [2.75, 3.05) is 11.9 Å². The molecule has 4 heteroatoms. The highest BCUT2D eigenvalue weighted by Gasteiger charge is 2.10. The van der Waals surface area contributed by atoms with Gasteiger partial charge in [-0.15, -0.1) is 0 Å². The average molecular weight is 326 g/mol. The van der Waals surface area contributed by atoms with Gasteiger partial charge in [0.15, 0.2) is 5.11 Å². The largest absolute Gasteiger partial charge is 0.490 e. The van der Waals surface area contributed by atoms with E-state index >= 15 is 0 Å². The molecule has 0 unspecified atom stereocenters. The lowest BCUT2D eigenvalue weighted by molar-refractivity contribution is 0.363. The van der Waals surface area contributed by atoms with Gasteiger partial charge in [-0.3, -0.25) is 0 Å². The molecule has 2 rings (SSSR count). The Hall–Kier alpha value is -2.33. The van der Waals surface area contributed by atoms with Gasteiger partial charge in [0.25, 0.3) is 0 Å². The second-order valence-corrected chi connectivity index (χ2v) is 5.50. The summed E-state index contributed by atoms with van der Waals surface area (Å²) in [4.78, 5) is 0. The first kappa shape index (κ1) is 17.0. The van der Waals surface area contributed by atoms with E-state index in [0.29, 0.717) is 11.7 Å². The smallest absolute Gasteiger partial charge is 0.171 e. The zero-order chi connectivity index (χ0) is 16.5. The first-order valence-corrected chi connectivity index (χ1v) is 8.10. The van der Waals surface area contributed by atoms with Gasteiger partial charge < -0.3 is 15.4 Å². The predicted octanol–water partition coefficient (Wildman–Crippen LogP) is 4.69. The molecule has 120 valence electrons. The number of hydrogen-bond donors (Lipinski definition) is 2. The maximum Gasteiger partial charge on any atom is 0.171 e. The second-order valence-electron chi connectivity index (χ2n) is 5.09. The fourth-order valence-electron chi connectivity index (χ4n) is 2.22. The zero-order valence-electron chi connectivity index (χ0n) is 13.3. The summed E-state index contributed by atoms with van der Waals surface area (Å²) in [7, 11) is 0. The molecule has 0 spiro atoms. The van der Waals surface area contributed by atoms with Crippen molar-refractivity contribution in [2.45, 2.75) is 19.4 Å². The molecule has 0 saturated carbocycles. The first-order chi connectivity index (χ1) is 11.2. The van der Waals surface area contributed by atoms with E-state index in [1.807, 2.05) is 42.5 Å². The molecule has 23 heavy (non-hydrogen) atoms. The number of anilines is 1. The number of rotatable bonds is 7. The molecule has 0 heterocycles. The van der Waals surface area contributed by atoms with Gasteiger partial charge in [-0.05, 0) is 48.5 Å². The summed E-state index contributed by atoms with van der Waals surface area (Å²) in [5, 5.41) is 7.17. The molecular weight excluding hydrogens is 304 g/mol. The summed E-state index contributed by atoms with van der Waals surface area (Å²) in [5.41, 5.74) is 2.16. The van der Waals surface area contributed by atoms with E-state index < -0.39 is 0 Å². The number of ether oxygens (including phenoxy) is 1. The second kappa shape index (κ2) is 8.96. The average Bonchev–Trinajstić information content (AvgIpc) is 2.60. The Morgan fingerprint density at radius 3 is 2.48 bits per heavy atom. The summed E-state index contributed by atoms with van der Waals surface area (Å²) in [5.74, 6) is 0.810. The maximum absolute atomic E-state index is 5.46. The Labute approximate surface area is 143 Å². The van der Waals surface area contributed by atoms with Crippen LogP contribution in [0.1, 0.15) is 24.9 Å². The Morgan fingerprint density at radius 1 is 1.17 bits per heavy atom. The van der Waals surface area contributed by atoms with Crippen LogP contribution in [-0.2, 0) is 0 Å². The SMILES string of the molecule is C=CCOc1ccc(NC(=S)N[C@H](CC)c2ccccc2)cc1. The van der Waals surface area contributed by atoms with Gasteiger partial charge in [0.2, 0.25) is 0 Å². The van der Waals surface area contributed by atoms with Crippen molar-refractivity contribution in [3.05, 3.63) is 72.8 Å². The monoisotopic (exact) mass is 326 g/mol. The van der Waals surface area contributed by atoms with Gasteiger partial charge >= 0.3 is 0 Å². The van der Waals surface area contributed by atoms with Crippen LogP contribution >= 0.6 is 12.2 Å². The van der Waals surface area contributed by atoms with Crippen molar-refractivity contribution < 1.29 is 4.74 Å². The normalized spacial score (nSPS) is 11.3. The molecule has 2 aromatic carbocycles. The third kappa shape index (κ3) is 5.42. The topological polar surface area (TPSA) is 33.3 Å². The first-order valence-electron chi connectivity index (χ1n) is 7.69. The van der Waals surface area contributed by atoms with Crippen LogP contribution in [0.15, 0.2) is 67.3 Å². The van der Waals surface area contributed by atoms with E-state index in [0.717, 1.165) is 17.9 Å². The molecule has 0 fully saturated rings. The van der Waals surface area contributed by atoms with Crippen LogP contribution in [0.5, 0.6) is 5.75 Å². The molecule has 0 radical (unpaired) electrons. The summed E-state index contributed by atoms with van der Waals surface area (Å²) < 4.78 is 5.46. The van der Waals surface area contributed by atoms with Gasteiger partial charge in [0, 0.05) is 5.69 Å². The molecule has 0 aliphatic heterocycles. The van der Waals surface area contributed by atoms with E-state index in [9.17, 15) is 0 Å². The van der Waals surface area contributed by atoms with E-state index in [2.05, 4.69) is 36.3 Å². The van der Waals surface area contributed by atoms with E-state index in [1.54, 1.807) is 6.08 Å². The third-order valence-corrected chi connectivity index (χ3v) is 3.62. The molecule has 0 aliphatic carbocycles. The molecule has 2 aromatic rings. The highest BCUT2D eigenvalue weighted by atomic mass is 32.1. The van der Waals surface area contributed by atoms with Gasteiger partial charge in [-0.2, -0.15) is 0 Å². The quantitative estimate of drug-likeness (QED) is 0.571. The molecule has 1 atom stereocenters. The third-order valence-electron chi connectivity index (χ3n) is 3.40. The van der Waals surface area contributed by atoms with Crippen molar-refractivity contribution in [1.82, 2.24) is 5.32 Å². The number of hydrogen-bond acceptors (Lipinski definition) is 2. The Morgan fingerprint density at radius 2 is 1.87 bits per heavy atom. The number of thiocarbonyl (C=S) groups is 1. The van der Waals surface area contributed by atoms with Crippen molar-refractivity contribution in [3.63, 3.8) is 0 Å². The Kier molecular flexibility index (Phi) is 6.63. The van der Waals surface area contributed by atoms with Crippen LogP contribution in [0.25, 0.3) is 0 Å². The molecule has 0 aliphatic rings. The predicted molar refractivity (Wildman–Crippen MR) is 101 cm³/mol. The van der Waals surface area contributed by atoms with Crippen molar-refractivity contribution in [2.24, 2.45) is 0 Å². The maximum atomic E-state index is 5.46. The minimum atomic E-state index is 0.200. The van der Waals surface area contributed by atoms with E-state index in [4.69, 9.17) is 17.0 Å². The minimum absolute atomic E-state index is 0.200. The number of benzene rings is 2. The molecule has 0 saturated heterocycles. The molecular formula is C19H22N2OS. The molecule has 2 N–H and O–H groups in total. The molecule has 0 amide bonds. The lowest BCUT2D eigenvalue weighted by Crippen LogP contribution is -2.32. The lowest BCUT2D eigenvalue weighted by Gasteiger charge is -2.20. The summed E-state index contributed by atoms with van der Waals surface area (Å²) in [6, 6.07) is 18.2. The van der Waals surface area contributed by atoms with Crippen LogP contribution in [0.4, 0.5) is 5.69 Å². The van der Waals surface area contributed by atoms with Gasteiger partial charge in [-0.25, -0.2) is 0 Å². The van der Waals surface area contributed by atoms with Gasteiger partial charge in [0.1, 0.15) is 12.4 Å². The summed E-state index contributed by atoms with van der Waals surface area (Å²) >= 11 is 5.41. The molecule has 0 aromatic heterocycles. The fraction of sp³-hybridized carbons (Fsp3) is 0.211. The van der Waals surface area contributed by atoms with Gasteiger partial charge in [0.05, 0.1) is 6.04 Å². The van der Waals surface area contributed by atoms with E-state index in [1.165, 1.54) is 5.56 Å². The van der Waals surface area contributed by atoms with Crippen molar-refractivity contribution in [1.29, 1.82) is 0 Å². The Balaban J connectivity index is 1.92. The Bertz CT molecular complexity index is 626. The van der Waals surface area contributed by atoms with Crippen LogP contribution in [0, 0.1) is 0 Å². The lowest BCUT2D eigenvalue weighted by atomic mass is 10.1. The van der Waals surface area contributed by atoms with Crippen LogP contribution in [0.2, 0.25) is 0 Å². The van der Waals surface area contributed by atoms with Crippen LogP contribution in [0.3, 0.4) is 0 Å². The molecule has 0 bridgehead atoms. The van der Waals surface area contributed by atoms with Crippen LogP contribution < -0.4 is 15.4 Å². The zero-order valence-corrected chi connectivity index (χ0v) is 14.1. The summed E-state index contributed by atoms with van der Waals surface area (Å²) in [6.07, 6.45) is 2.68. The van der Waals surface area contributed by atoms with Crippen molar-refractivity contribution in [3.8, 4) is 5.75 Å². The number of nitrogens with one attached hydrogen (secondary N) is 2. The minimum Gasteiger partial charge on any atom is -0.490 e. The highest BCUT2D eigenvalue weighted by molar-refractivity contribution is 7.80. The van der Waals surface area contributed by atoms with E-state index in [-0.39, 0.29) is 6.04 Å². The highest BCUT2D eigenvalue weighted by Crippen LogP contribution is 2.18. The fourth-order valence-corrected chi connectivity index (χ4v) is 2.48. The van der Waals surface area contributed by atoms with Crippen LogP contribution in [-0.4, -0.2) is 11.7 Å². The van der Waals surface area contributed by atoms with Gasteiger partial charge in [-0.1, -0.05) is 49.9 Å².